The standard InChI is InChI=1S/C18H29NO2/c1-18(2,3)15-6-4-7-17(14-15)21-13-5-10-19-11-8-16(20)9-12-19/h4,6-7,14,16,20H,5,8-13H2,1-3H3. The van der Waals surface area contributed by atoms with Crippen LogP contribution in [0.1, 0.15) is 45.6 Å². The van der Waals surface area contributed by atoms with Crippen molar-refractivity contribution in [3.63, 3.8) is 0 Å². The molecule has 1 fully saturated rings. The molecule has 1 aliphatic rings. The number of benzene rings is 1. The Hall–Kier alpha value is -1.06. The maximum absolute atomic E-state index is 9.49. The van der Waals surface area contributed by atoms with Gasteiger partial charge in [-0.25, -0.2) is 0 Å². The van der Waals surface area contributed by atoms with Gasteiger partial charge in [-0.1, -0.05) is 32.9 Å². The number of likely N-dealkylation sites (tertiary alicyclic amines) is 1. The van der Waals surface area contributed by atoms with E-state index in [2.05, 4.69) is 43.9 Å². The molecule has 3 nitrogen and oxygen atoms in total. The van der Waals surface area contributed by atoms with Gasteiger partial charge in [-0.2, -0.15) is 0 Å². The molecular formula is C18H29NO2. The Kier molecular flexibility index (Phi) is 5.65. The second-order valence-corrected chi connectivity index (χ2v) is 7.05. The lowest BCUT2D eigenvalue weighted by Gasteiger charge is -2.29. The smallest absolute Gasteiger partial charge is 0.119 e. The highest BCUT2D eigenvalue weighted by molar-refractivity contribution is 5.32. The third-order valence-electron chi connectivity index (χ3n) is 4.14. The van der Waals surface area contributed by atoms with Gasteiger partial charge in [0.15, 0.2) is 0 Å². The largest absolute Gasteiger partial charge is 0.494 e. The van der Waals surface area contributed by atoms with E-state index >= 15 is 0 Å². The fourth-order valence-corrected chi connectivity index (χ4v) is 2.67. The van der Waals surface area contributed by atoms with E-state index in [-0.39, 0.29) is 11.5 Å². The molecule has 1 saturated heterocycles. The number of piperidine rings is 1. The van der Waals surface area contributed by atoms with E-state index in [1.165, 1.54) is 5.56 Å². The molecule has 118 valence electrons. The highest BCUT2D eigenvalue weighted by Gasteiger charge is 2.16. The van der Waals surface area contributed by atoms with Crippen LogP contribution in [0.2, 0.25) is 0 Å². The number of ether oxygens (including phenoxy) is 1. The van der Waals surface area contributed by atoms with Crippen molar-refractivity contribution in [2.45, 2.75) is 51.6 Å². The first-order chi connectivity index (χ1) is 9.95. The average molecular weight is 291 g/mol. The highest BCUT2D eigenvalue weighted by Crippen LogP contribution is 2.25. The van der Waals surface area contributed by atoms with Gasteiger partial charge in [0.1, 0.15) is 5.75 Å². The minimum absolute atomic E-state index is 0.0855. The minimum Gasteiger partial charge on any atom is -0.494 e. The van der Waals surface area contributed by atoms with Crippen LogP contribution in [0, 0.1) is 0 Å². The number of hydrogen-bond donors (Lipinski definition) is 1. The molecule has 0 aliphatic carbocycles. The van der Waals surface area contributed by atoms with E-state index in [0.29, 0.717) is 0 Å². The number of nitrogens with zero attached hydrogens (tertiary/aromatic N) is 1. The number of hydrogen-bond acceptors (Lipinski definition) is 3. The van der Waals surface area contributed by atoms with Gasteiger partial charge in [-0.05, 0) is 42.4 Å². The van der Waals surface area contributed by atoms with Gasteiger partial charge >= 0.3 is 0 Å². The Balaban J connectivity index is 1.71. The van der Waals surface area contributed by atoms with E-state index < -0.39 is 0 Å². The van der Waals surface area contributed by atoms with Crippen LogP contribution >= 0.6 is 0 Å². The summed E-state index contributed by atoms with van der Waals surface area (Å²) in [6.45, 7) is 10.5. The maximum Gasteiger partial charge on any atom is 0.119 e. The topological polar surface area (TPSA) is 32.7 Å². The zero-order valence-corrected chi connectivity index (χ0v) is 13.6. The van der Waals surface area contributed by atoms with Crippen molar-refractivity contribution in [2.75, 3.05) is 26.2 Å². The predicted molar refractivity (Wildman–Crippen MR) is 86.9 cm³/mol. The number of aliphatic hydroxyl groups is 1. The van der Waals surface area contributed by atoms with Crippen LogP contribution in [-0.2, 0) is 5.41 Å². The van der Waals surface area contributed by atoms with Crippen LogP contribution in [0.3, 0.4) is 0 Å². The molecule has 1 N–H and O–H groups in total. The van der Waals surface area contributed by atoms with E-state index in [0.717, 1.165) is 51.3 Å². The van der Waals surface area contributed by atoms with Crippen molar-refractivity contribution in [1.29, 1.82) is 0 Å². The van der Waals surface area contributed by atoms with E-state index in [1.807, 2.05) is 6.07 Å². The van der Waals surface area contributed by atoms with Crippen molar-refractivity contribution in [2.24, 2.45) is 0 Å². The second-order valence-electron chi connectivity index (χ2n) is 7.05. The molecule has 0 aromatic heterocycles. The maximum atomic E-state index is 9.49. The molecule has 0 bridgehead atoms. The molecular weight excluding hydrogens is 262 g/mol. The van der Waals surface area contributed by atoms with Gasteiger partial charge in [0, 0.05) is 19.6 Å². The zero-order chi connectivity index (χ0) is 15.3. The summed E-state index contributed by atoms with van der Waals surface area (Å²) in [5.41, 5.74) is 1.47. The van der Waals surface area contributed by atoms with Gasteiger partial charge in [0.2, 0.25) is 0 Å². The van der Waals surface area contributed by atoms with Crippen molar-refractivity contribution >= 4 is 0 Å². The Labute approximate surface area is 128 Å². The Morgan fingerprint density at radius 1 is 1.24 bits per heavy atom. The molecule has 0 atom stereocenters. The lowest BCUT2D eigenvalue weighted by Crippen LogP contribution is -2.36. The van der Waals surface area contributed by atoms with E-state index in [9.17, 15) is 5.11 Å². The van der Waals surface area contributed by atoms with Gasteiger partial charge < -0.3 is 14.7 Å². The predicted octanol–water partition coefficient (Wildman–Crippen LogP) is 3.21. The summed E-state index contributed by atoms with van der Waals surface area (Å²) in [7, 11) is 0. The van der Waals surface area contributed by atoms with Crippen LogP contribution in [0.4, 0.5) is 0 Å². The zero-order valence-electron chi connectivity index (χ0n) is 13.6. The van der Waals surface area contributed by atoms with Crippen LogP contribution < -0.4 is 4.74 Å². The first-order valence-corrected chi connectivity index (χ1v) is 8.09. The monoisotopic (exact) mass is 291 g/mol. The van der Waals surface area contributed by atoms with Gasteiger partial charge in [-0.3, -0.25) is 0 Å². The van der Waals surface area contributed by atoms with Crippen molar-refractivity contribution < 1.29 is 9.84 Å². The molecule has 1 aliphatic heterocycles. The summed E-state index contributed by atoms with van der Waals surface area (Å²) in [6.07, 6.45) is 2.77. The summed E-state index contributed by atoms with van der Waals surface area (Å²) in [5.74, 6) is 0.969. The molecule has 2 rings (SSSR count). The molecule has 0 radical (unpaired) electrons. The van der Waals surface area contributed by atoms with E-state index in [4.69, 9.17) is 4.74 Å². The molecule has 1 aromatic rings. The summed E-state index contributed by atoms with van der Waals surface area (Å²) < 4.78 is 5.88. The fraction of sp³-hybridized carbons (Fsp3) is 0.667. The summed E-state index contributed by atoms with van der Waals surface area (Å²) in [5, 5.41) is 9.49. The third-order valence-corrected chi connectivity index (χ3v) is 4.14. The molecule has 21 heavy (non-hydrogen) atoms. The molecule has 3 heteroatoms. The molecule has 1 aromatic carbocycles. The minimum atomic E-state index is -0.0855. The first kappa shape index (κ1) is 16.3. The summed E-state index contributed by atoms with van der Waals surface area (Å²) >= 11 is 0. The lowest BCUT2D eigenvalue weighted by atomic mass is 9.87. The van der Waals surface area contributed by atoms with Crippen molar-refractivity contribution in [1.82, 2.24) is 4.90 Å². The Morgan fingerprint density at radius 3 is 2.62 bits per heavy atom. The van der Waals surface area contributed by atoms with Gasteiger partial charge in [0.25, 0.3) is 0 Å². The fourth-order valence-electron chi connectivity index (χ4n) is 2.67. The number of rotatable bonds is 5. The normalized spacial score (nSPS) is 17.9. The van der Waals surface area contributed by atoms with E-state index in [1.54, 1.807) is 0 Å². The molecule has 0 saturated carbocycles. The highest BCUT2D eigenvalue weighted by atomic mass is 16.5. The number of aliphatic hydroxyl groups excluding tert-OH is 1. The Bertz CT molecular complexity index is 431. The SMILES string of the molecule is CC(C)(C)c1cccc(OCCCN2CCC(O)CC2)c1. The molecule has 0 spiro atoms. The van der Waals surface area contributed by atoms with Crippen LogP contribution in [-0.4, -0.2) is 42.4 Å². The van der Waals surface area contributed by atoms with Crippen LogP contribution in [0.5, 0.6) is 5.75 Å². The van der Waals surface area contributed by atoms with Crippen molar-refractivity contribution in [3.05, 3.63) is 29.8 Å². The third kappa shape index (κ3) is 5.33. The van der Waals surface area contributed by atoms with Gasteiger partial charge in [0.05, 0.1) is 12.7 Å². The summed E-state index contributed by atoms with van der Waals surface area (Å²) in [6, 6.07) is 8.41. The van der Waals surface area contributed by atoms with Crippen LogP contribution in [0.15, 0.2) is 24.3 Å². The first-order valence-electron chi connectivity index (χ1n) is 8.09. The average Bonchev–Trinajstić information content (AvgIpc) is 2.45. The molecule has 1 heterocycles. The molecule has 0 unspecified atom stereocenters. The quantitative estimate of drug-likeness (QED) is 0.846. The lowest BCUT2D eigenvalue weighted by molar-refractivity contribution is 0.0800. The Morgan fingerprint density at radius 2 is 1.95 bits per heavy atom. The van der Waals surface area contributed by atoms with Crippen LogP contribution in [0.25, 0.3) is 0 Å². The molecule has 0 amide bonds. The van der Waals surface area contributed by atoms with Gasteiger partial charge in [-0.15, -0.1) is 0 Å². The summed E-state index contributed by atoms with van der Waals surface area (Å²) in [4.78, 5) is 2.42. The second kappa shape index (κ2) is 7.28. The van der Waals surface area contributed by atoms with Crippen molar-refractivity contribution in [3.8, 4) is 5.75 Å².